The first-order valence-electron chi connectivity index (χ1n) is 8.05. The monoisotopic (exact) mass is 380 g/mol. The van der Waals surface area contributed by atoms with Crippen molar-refractivity contribution in [2.24, 2.45) is 0 Å². The highest BCUT2D eigenvalue weighted by molar-refractivity contribution is 8.26. The van der Waals surface area contributed by atoms with E-state index in [2.05, 4.69) is 17.4 Å². The van der Waals surface area contributed by atoms with E-state index >= 15 is 0 Å². The van der Waals surface area contributed by atoms with Crippen LogP contribution in [0.5, 0.6) is 0 Å². The second kappa shape index (κ2) is 8.13. The topological polar surface area (TPSA) is 69.0 Å². The fourth-order valence-corrected chi connectivity index (χ4v) is 3.85. The molecule has 0 bridgehead atoms. The SMILES string of the molecule is CN1CCN(NC(=O)CCN2C(=O)C(=Cc3ccco3)SC2=S)CC1. The van der Waals surface area contributed by atoms with E-state index in [0.29, 0.717) is 15.0 Å². The van der Waals surface area contributed by atoms with Gasteiger partial charge >= 0.3 is 0 Å². The summed E-state index contributed by atoms with van der Waals surface area (Å²) in [5, 5.41) is 1.92. The predicted molar refractivity (Wildman–Crippen MR) is 100 cm³/mol. The van der Waals surface area contributed by atoms with E-state index < -0.39 is 0 Å². The third-order valence-electron chi connectivity index (χ3n) is 4.04. The lowest BCUT2D eigenvalue weighted by Crippen LogP contribution is -2.52. The van der Waals surface area contributed by atoms with Gasteiger partial charge in [-0.05, 0) is 19.2 Å². The number of carbonyl (C=O) groups excluding carboxylic acids is 2. The number of likely N-dealkylation sites (N-methyl/N-ethyl adjacent to an activating group) is 1. The van der Waals surface area contributed by atoms with E-state index in [9.17, 15) is 9.59 Å². The lowest BCUT2D eigenvalue weighted by atomic mass is 10.3. The minimum atomic E-state index is -0.182. The van der Waals surface area contributed by atoms with Crippen molar-refractivity contribution in [2.45, 2.75) is 6.42 Å². The van der Waals surface area contributed by atoms with Crippen molar-refractivity contribution in [3.8, 4) is 0 Å². The van der Waals surface area contributed by atoms with Crippen molar-refractivity contribution in [3.05, 3.63) is 29.1 Å². The van der Waals surface area contributed by atoms with Gasteiger partial charge in [0.2, 0.25) is 5.91 Å². The number of thioether (sulfide) groups is 1. The third kappa shape index (κ3) is 4.69. The largest absolute Gasteiger partial charge is 0.465 e. The minimum Gasteiger partial charge on any atom is -0.465 e. The Labute approximate surface area is 156 Å². The lowest BCUT2D eigenvalue weighted by Gasteiger charge is -2.32. The molecular formula is C16H20N4O3S2. The number of nitrogens with zero attached hydrogens (tertiary/aromatic N) is 3. The summed E-state index contributed by atoms with van der Waals surface area (Å²) >= 11 is 6.49. The van der Waals surface area contributed by atoms with Crippen LogP contribution in [0, 0.1) is 0 Å². The first kappa shape index (κ1) is 18.1. The van der Waals surface area contributed by atoms with E-state index in [1.807, 2.05) is 5.01 Å². The molecule has 0 atom stereocenters. The highest BCUT2D eigenvalue weighted by Crippen LogP contribution is 2.32. The van der Waals surface area contributed by atoms with E-state index in [1.54, 1.807) is 24.5 Å². The number of rotatable bonds is 5. The van der Waals surface area contributed by atoms with Gasteiger partial charge in [-0.15, -0.1) is 0 Å². The molecule has 134 valence electrons. The van der Waals surface area contributed by atoms with Gasteiger partial charge in [0.25, 0.3) is 5.91 Å². The van der Waals surface area contributed by atoms with E-state index in [1.165, 1.54) is 16.7 Å². The molecule has 1 aromatic heterocycles. The molecule has 1 N–H and O–H groups in total. The molecule has 0 unspecified atom stereocenters. The number of amides is 2. The number of hydrogen-bond acceptors (Lipinski definition) is 7. The minimum absolute atomic E-state index is 0.103. The van der Waals surface area contributed by atoms with Gasteiger partial charge in [0.15, 0.2) is 0 Å². The molecule has 3 rings (SSSR count). The summed E-state index contributed by atoms with van der Waals surface area (Å²) in [5.74, 6) is 0.320. The van der Waals surface area contributed by atoms with Gasteiger partial charge in [0.05, 0.1) is 11.2 Å². The molecule has 2 aliphatic heterocycles. The maximum Gasteiger partial charge on any atom is 0.266 e. The molecule has 2 fully saturated rings. The van der Waals surface area contributed by atoms with Crippen LogP contribution in [0.2, 0.25) is 0 Å². The van der Waals surface area contributed by atoms with Crippen LogP contribution in [0.1, 0.15) is 12.2 Å². The van der Waals surface area contributed by atoms with Gasteiger partial charge in [-0.25, -0.2) is 5.01 Å². The molecule has 0 radical (unpaired) electrons. The van der Waals surface area contributed by atoms with Crippen molar-refractivity contribution < 1.29 is 14.0 Å². The van der Waals surface area contributed by atoms with Gasteiger partial charge < -0.3 is 9.32 Å². The van der Waals surface area contributed by atoms with Crippen molar-refractivity contribution in [2.75, 3.05) is 39.8 Å². The van der Waals surface area contributed by atoms with E-state index in [4.69, 9.17) is 16.6 Å². The molecule has 0 saturated carbocycles. The molecule has 25 heavy (non-hydrogen) atoms. The highest BCUT2D eigenvalue weighted by Gasteiger charge is 2.32. The maximum absolute atomic E-state index is 12.4. The Bertz CT molecular complexity index is 682. The second-order valence-electron chi connectivity index (χ2n) is 5.92. The molecule has 2 saturated heterocycles. The lowest BCUT2D eigenvalue weighted by molar-refractivity contribution is -0.127. The zero-order valence-corrected chi connectivity index (χ0v) is 15.6. The van der Waals surface area contributed by atoms with Gasteiger partial charge in [0.1, 0.15) is 10.1 Å². The Hall–Kier alpha value is -1.68. The summed E-state index contributed by atoms with van der Waals surface area (Å²) in [6.45, 7) is 3.73. The molecule has 3 heterocycles. The molecule has 0 spiro atoms. The third-order valence-corrected chi connectivity index (χ3v) is 5.42. The quantitative estimate of drug-likeness (QED) is 0.607. The van der Waals surface area contributed by atoms with Crippen LogP contribution in [0.15, 0.2) is 27.7 Å². The van der Waals surface area contributed by atoms with Crippen LogP contribution in [-0.4, -0.2) is 70.7 Å². The summed E-state index contributed by atoms with van der Waals surface area (Å²) in [5.41, 5.74) is 2.89. The van der Waals surface area contributed by atoms with Crippen LogP contribution in [0.4, 0.5) is 0 Å². The average molecular weight is 380 g/mol. The average Bonchev–Trinajstić information content (AvgIpc) is 3.18. The summed E-state index contributed by atoms with van der Waals surface area (Å²) in [6, 6.07) is 3.53. The van der Waals surface area contributed by atoms with Gasteiger partial charge in [-0.1, -0.05) is 24.0 Å². The Kier molecular flexibility index (Phi) is 5.89. The first-order valence-corrected chi connectivity index (χ1v) is 9.27. The van der Waals surface area contributed by atoms with Crippen LogP contribution in [-0.2, 0) is 9.59 Å². The molecule has 2 amide bonds. The number of hydrazine groups is 1. The van der Waals surface area contributed by atoms with Crippen LogP contribution >= 0.6 is 24.0 Å². The van der Waals surface area contributed by atoms with Crippen molar-refractivity contribution in [1.82, 2.24) is 20.2 Å². The second-order valence-corrected chi connectivity index (χ2v) is 7.60. The molecular weight excluding hydrogens is 360 g/mol. The summed E-state index contributed by atoms with van der Waals surface area (Å²) in [4.78, 5) is 28.8. The van der Waals surface area contributed by atoms with E-state index in [0.717, 1.165) is 26.2 Å². The number of piperazine rings is 1. The van der Waals surface area contributed by atoms with Crippen molar-refractivity contribution in [3.63, 3.8) is 0 Å². The highest BCUT2D eigenvalue weighted by atomic mass is 32.2. The zero-order chi connectivity index (χ0) is 17.8. The van der Waals surface area contributed by atoms with Gasteiger partial charge in [0, 0.05) is 45.2 Å². The van der Waals surface area contributed by atoms with Crippen molar-refractivity contribution >= 4 is 46.2 Å². The van der Waals surface area contributed by atoms with Crippen LogP contribution < -0.4 is 5.43 Å². The van der Waals surface area contributed by atoms with E-state index in [-0.39, 0.29) is 24.8 Å². The molecule has 0 aromatic carbocycles. The maximum atomic E-state index is 12.4. The Morgan fingerprint density at radius 1 is 1.40 bits per heavy atom. The molecule has 1 aromatic rings. The number of carbonyl (C=O) groups is 2. The molecule has 0 aliphatic carbocycles. The predicted octanol–water partition coefficient (Wildman–Crippen LogP) is 1.15. The Morgan fingerprint density at radius 2 is 2.16 bits per heavy atom. The van der Waals surface area contributed by atoms with Gasteiger partial charge in [-0.2, -0.15) is 0 Å². The van der Waals surface area contributed by atoms with Crippen LogP contribution in [0.3, 0.4) is 0 Å². The Morgan fingerprint density at radius 3 is 2.84 bits per heavy atom. The Balaban J connectivity index is 1.50. The summed E-state index contributed by atoms with van der Waals surface area (Å²) < 4.78 is 5.70. The molecule has 9 heteroatoms. The normalized spacial score (nSPS) is 21.3. The number of furan rings is 1. The fraction of sp³-hybridized carbons (Fsp3) is 0.438. The molecule has 2 aliphatic rings. The first-order chi connectivity index (χ1) is 12.0. The number of hydrogen-bond donors (Lipinski definition) is 1. The van der Waals surface area contributed by atoms with Crippen LogP contribution in [0.25, 0.3) is 6.08 Å². The number of thiocarbonyl (C=S) groups is 1. The standard InChI is InChI=1S/C16H20N4O3S2/c1-18-6-8-19(9-7-18)17-14(21)4-5-20-15(22)13(25-16(20)24)11-12-3-2-10-23-12/h2-3,10-11H,4-9H2,1H3,(H,17,21). The van der Waals surface area contributed by atoms with Crippen molar-refractivity contribution in [1.29, 1.82) is 0 Å². The summed E-state index contributed by atoms with van der Waals surface area (Å²) in [6.07, 6.45) is 3.44. The molecule has 7 nitrogen and oxygen atoms in total. The van der Waals surface area contributed by atoms with Gasteiger partial charge in [-0.3, -0.25) is 19.9 Å². The summed E-state index contributed by atoms with van der Waals surface area (Å²) in [7, 11) is 2.06. The fourth-order valence-electron chi connectivity index (χ4n) is 2.56. The zero-order valence-electron chi connectivity index (χ0n) is 13.9. The number of nitrogens with one attached hydrogen (secondary N) is 1. The smallest absolute Gasteiger partial charge is 0.266 e.